The van der Waals surface area contributed by atoms with Gasteiger partial charge in [-0.25, -0.2) is 0 Å². The lowest BCUT2D eigenvalue weighted by atomic mass is 10.0. The normalized spacial score (nSPS) is 11.7. The van der Waals surface area contributed by atoms with Gasteiger partial charge in [0.2, 0.25) is 0 Å². The van der Waals surface area contributed by atoms with Crippen molar-refractivity contribution in [2.24, 2.45) is 0 Å². The van der Waals surface area contributed by atoms with Crippen molar-refractivity contribution in [1.29, 1.82) is 0 Å². The highest BCUT2D eigenvalue weighted by Gasteiger charge is 2.14. The topological polar surface area (TPSA) is 47.6 Å². The van der Waals surface area contributed by atoms with E-state index >= 15 is 0 Å². The summed E-state index contributed by atoms with van der Waals surface area (Å²) < 4.78 is 10.9. The maximum Gasteiger partial charge on any atom is 0.258 e. The Labute approximate surface area is 150 Å². The van der Waals surface area contributed by atoms with Crippen LogP contribution in [-0.2, 0) is 4.79 Å². The van der Waals surface area contributed by atoms with E-state index in [2.05, 4.69) is 24.4 Å². The van der Waals surface area contributed by atoms with Crippen LogP contribution in [0.1, 0.15) is 41.6 Å². The van der Waals surface area contributed by atoms with E-state index < -0.39 is 0 Å². The third kappa shape index (κ3) is 5.24. The largest absolute Gasteiger partial charge is 0.496 e. The summed E-state index contributed by atoms with van der Waals surface area (Å²) in [4.78, 5) is 12.3. The number of hydrogen-bond donors (Lipinski definition) is 1. The van der Waals surface area contributed by atoms with E-state index in [1.54, 1.807) is 7.11 Å². The first-order chi connectivity index (χ1) is 11.9. The van der Waals surface area contributed by atoms with Crippen LogP contribution in [0.5, 0.6) is 11.5 Å². The maximum atomic E-state index is 12.3. The predicted octanol–water partition coefficient (Wildman–Crippen LogP) is 4.27. The lowest BCUT2D eigenvalue weighted by Gasteiger charge is -2.19. The first-order valence-corrected chi connectivity index (χ1v) is 8.58. The monoisotopic (exact) mass is 341 g/mol. The quantitative estimate of drug-likeness (QED) is 0.818. The van der Waals surface area contributed by atoms with Gasteiger partial charge in [-0.1, -0.05) is 25.1 Å². The summed E-state index contributed by atoms with van der Waals surface area (Å²) in [5.74, 6) is 1.45. The standard InChI is InChI=1S/C21H27NO3/c1-6-19(17-7-8-20(24-5)16(4)12-17)22-21(23)13-25-18-10-14(2)9-15(3)11-18/h7-12,19H,6,13H2,1-5H3,(H,22,23)/t19-/m0/s1. The first kappa shape index (κ1) is 18.8. The van der Waals surface area contributed by atoms with E-state index in [1.165, 1.54) is 0 Å². The number of aryl methyl sites for hydroxylation is 3. The Morgan fingerprint density at radius 1 is 1.08 bits per heavy atom. The molecule has 0 fully saturated rings. The van der Waals surface area contributed by atoms with E-state index in [-0.39, 0.29) is 18.6 Å². The molecule has 2 aromatic carbocycles. The van der Waals surface area contributed by atoms with Crippen molar-refractivity contribution in [2.75, 3.05) is 13.7 Å². The zero-order valence-electron chi connectivity index (χ0n) is 15.7. The molecule has 0 bridgehead atoms. The van der Waals surface area contributed by atoms with Crippen LogP contribution in [0.4, 0.5) is 0 Å². The van der Waals surface area contributed by atoms with Gasteiger partial charge in [0.1, 0.15) is 11.5 Å². The molecule has 2 aromatic rings. The summed E-state index contributed by atoms with van der Waals surface area (Å²) in [6, 6.07) is 11.9. The predicted molar refractivity (Wildman–Crippen MR) is 100 cm³/mol. The Morgan fingerprint density at radius 3 is 2.32 bits per heavy atom. The molecule has 0 radical (unpaired) electrons. The average Bonchev–Trinajstić information content (AvgIpc) is 2.57. The highest BCUT2D eigenvalue weighted by Crippen LogP contribution is 2.24. The number of nitrogens with one attached hydrogen (secondary N) is 1. The molecule has 0 aliphatic rings. The van der Waals surface area contributed by atoms with Gasteiger partial charge < -0.3 is 14.8 Å². The molecular weight excluding hydrogens is 314 g/mol. The molecular formula is C21H27NO3. The van der Waals surface area contributed by atoms with Gasteiger partial charge in [0.15, 0.2) is 6.61 Å². The van der Waals surface area contributed by atoms with Crippen LogP contribution in [0.2, 0.25) is 0 Å². The van der Waals surface area contributed by atoms with Crippen LogP contribution >= 0.6 is 0 Å². The van der Waals surface area contributed by atoms with Gasteiger partial charge in [-0.15, -0.1) is 0 Å². The molecule has 25 heavy (non-hydrogen) atoms. The van der Waals surface area contributed by atoms with E-state index in [0.717, 1.165) is 40.2 Å². The van der Waals surface area contributed by atoms with Crippen molar-refractivity contribution in [1.82, 2.24) is 5.32 Å². The molecule has 0 saturated carbocycles. The molecule has 0 aromatic heterocycles. The van der Waals surface area contributed by atoms with Crippen LogP contribution in [-0.4, -0.2) is 19.6 Å². The third-order valence-corrected chi connectivity index (χ3v) is 4.13. The number of benzene rings is 2. The second kappa shape index (κ2) is 8.56. The molecule has 0 aliphatic carbocycles. The van der Waals surface area contributed by atoms with Gasteiger partial charge in [-0.3, -0.25) is 4.79 Å². The molecule has 0 unspecified atom stereocenters. The summed E-state index contributed by atoms with van der Waals surface area (Å²) in [6.45, 7) is 8.09. The van der Waals surface area contributed by atoms with Crippen molar-refractivity contribution in [2.45, 2.75) is 40.2 Å². The van der Waals surface area contributed by atoms with Gasteiger partial charge in [0.25, 0.3) is 5.91 Å². The van der Waals surface area contributed by atoms with Crippen LogP contribution < -0.4 is 14.8 Å². The summed E-state index contributed by atoms with van der Waals surface area (Å²) in [7, 11) is 1.66. The van der Waals surface area contributed by atoms with Crippen LogP contribution in [0, 0.1) is 20.8 Å². The van der Waals surface area contributed by atoms with E-state index in [1.807, 2.05) is 45.0 Å². The van der Waals surface area contributed by atoms with Crippen molar-refractivity contribution < 1.29 is 14.3 Å². The highest BCUT2D eigenvalue weighted by molar-refractivity contribution is 5.78. The number of rotatable bonds is 7. The zero-order valence-corrected chi connectivity index (χ0v) is 15.7. The Hall–Kier alpha value is -2.49. The zero-order chi connectivity index (χ0) is 18.4. The maximum absolute atomic E-state index is 12.3. The van der Waals surface area contributed by atoms with Crippen molar-refractivity contribution in [3.05, 3.63) is 58.7 Å². The summed E-state index contributed by atoms with van der Waals surface area (Å²) in [5, 5.41) is 3.04. The first-order valence-electron chi connectivity index (χ1n) is 8.58. The molecule has 134 valence electrons. The smallest absolute Gasteiger partial charge is 0.258 e. The molecule has 0 saturated heterocycles. The lowest BCUT2D eigenvalue weighted by Crippen LogP contribution is -2.32. The summed E-state index contributed by atoms with van der Waals surface area (Å²) in [5.41, 5.74) is 4.37. The van der Waals surface area contributed by atoms with Gasteiger partial charge in [0, 0.05) is 0 Å². The highest BCUT2D eigenvalue weighted by atomic mass is 16.5. The third-order valence-electron chi connectivity index (χ3n) is 4.13. The average molecular weight is 341 g/mol. The molecule has 1 amide bonds. The summed E-state index contributed by atoms with van der Waals surface area (Å²) in [6.07, 6.45) is 0.807. The van der Waals surface area contributed by atoms with Crippen molar-refractivity contribution in [3.8, 4) is 11.5 Å². The molecule has 0 heterocycles. The minimum absolute atomic E-state index is 0.00846. The van der Waals surface area contributed by atoms with Gasteiger partial charge in [-0.05, 0) is 67.6 Å². The van der Waals surface area contributed by atoms with Crippen LogP contribution in [0.3, 0.4) is 0 Å². The molecule has 0 aliphatic heterocycles. The Kier molecular flexibility index (Phi) is 6.45. The Morgan fingerprint density at radius 2 is 1.76 bits per heavy atom. The number of carbonyl (C=O) groups excluding carboxylic acids is 1. The number of ether oxygens (including phenoxy) is 2. The fourth-order valence-electron chi connectivity index (χ4n) is 2.94. The second-order valence-corrected chi connectivity index (χ2v) is 6.37. The fraction of sp³-hybridized carbons (Fsp3) is 0.381. The fourth-order valence-corrected chi connectivity index (χ4v) is 2.94. The van der Waals surface area contributed by atoms with E-state index in [9.17, 15) is 4.79 Å². The molecule has 2 rings (SSSR count). The Bertz CT molecular complexity index is 720. The number of amides is 1. The van der Waals surface area contributed by atoms with E-state index in [0.29, 0.717) is 0 Å². The molecule has 1 N–H and O–H groups in total. The number of carbonyl (C=O) groups is 1. The minimum atomic E-state index is -0.125. The summed E-state index contributed by atoms with van der Waals surface area (Å²) >= 11 is 0. The van der Waals surface area contributed by atoms with Crippen LogP contribution in [0.15, 0.2) is 36.4 Å². The lowest BCUT2D eigenvalue weighted by molar-refractivity contribution is -0.123. The second-order valence-electron chi connectivity index (χ2n) is 6.37. The van der Waals surface area contributed by atoms with Gasteiger partial charge in [0.05, 0.1) is 13.2 Å². The van der Waals surface area contributed by atoms with E-state index in [4.69, 9.17) is 9.47 Å². The van der Waals surface area contributed by atoms with Crippen molar-refractivity contribution in [3.63, 3.8) is 0 Å². The molecule has 1 atom stereocenters. The number of methoxy groups -OCH3 is 1. The molecule has 0 spiro atoms. The molecule has 4 heteroatoms. The van der Waals surface area contributed by atoms with Gasteiger partial charge in [-0.2, -0.15) is 0 Å². The SMILES string of the molecule is CC[C@H](NC(=O)COc1cc(C)cc(C)c1)c1ccc(OC)c(C)c1. The molecule has 4 nitrogen and oxygen atoms in total. The van der Waals surface area contributed by atoms with Crippen molar-refractivity contribution >= 4 is 5.91 Å². The Balaban J connectivity index is 1.98. The van der Waals surface area contributed by atoms with Gasteiger partial charge >= 0.3 is 0 Å². The number of hydrogen-bond acceptors (Lipinski definition) is 3. The van der Waals surface area contributed by atoms with Crippen LogP contribution in [0.25, 0.3) is 0 Å². The minimum Gasteiger partial charge on any atom is -0.496 e.